The molecule has 202 valence electrons. The van der Waals surface area contributed by atoms with E-state index in [1.807, 2.05) is 0 Å². The summed E-state index contributed by atoms with van der Waals surface area (Å²) in [7, 11) is 1.05. The highest BCUT2D eigenvalue weighted by atomic mass is 35.5. The Morgan fingerprint density at radius 1 is 0.459 bits per heavy atom. The topological polar surface area (TPSA) is 0 Å². The van der Waals surface area contributed by atoms with Crippen LogP contribution in [0.15, 0.2) is 91.0 Å². The van der Waals surface area contributed by atoms with E-state index in [-0.39, 0.29) is 17.8 Å². The summed E-state index contributed by atoms with van der Waals surface area (Å²) >= 11 is 0. The van der Waals surface area contributed by atoms with Gasteiger partial charge in [-0.3, -0.25) is 0 Å². The molecule has 3 aromatic carbocycles. The molecule has 0 fully saturated rings. The first-order valence-electron chi connectivity index (χ1n) is 14.7. The molecular weight excluding hydrogens is 487 g/mol. The molecule has 0 aliphatic rings. The first kappa shape index (κ1) is 31.6. The molecule has 0 radical (unpaired) electrons. The Morgan fingerprint density at radius 2 is 0.811 bits per heavy atom. The number of unbranched alkanes of at least 4 members (excludes halogenated alkanes) is 11. The maximum Gasteiger partial charge on any atom is 0.0454 e. The molecule has 2 heteroatoms. The van der Waals surface area contributed by atoms with Crippen molar-refractivity contribution in [2.75, 3.05) is 12.3 Å². The van der Waals surface area contributed by atoms with Gasteiger partial charge in [-0.25, -0.2) is 0 Å². The Kier molecular flexibility index (Phi) is 16.6. The van der Waals surface area contributed by atoms with Crippen molar-refractivity contribution in [2.24, 2.45) is 0 Å². The zero-order valence-electron chi connectivity index (χ0n) is 23.2. The van der Waals surface area contributed by atoms with Gasteiger partial charge in [-0.1, -0.05) is 169 Å². The van der Waals surface area contributed by atoms with E-state index < -0.39 is 0 Å². The summed E-state index contributed by atoms with van der Waals surface area (Å²) < 4.78 is 0. The quantitative estimate of drug-likeness (QED) is 0.0811. The van der Waals surface area contributed by atoms with Gasteiger partial charge < -0.3 is 0 Å². The smallest absolute Gasteiger partial charge is 0.0454 e. The van der Waals surface area contributed by atoms with E-state index in [1.165, 1.54) is 112 Å². The standard InChI is InChI=1S/C35H49P.ClH/c1-2-3-4-5-6-7-8-9-10-11-12-22-30-36-31-29-35(32-23-16-13-17-24-32,33-25-18-14-19-26-33)34-27-20-15-21-28-34;/h13-21,23-28,36H,2-12,22,29-31H2,1H3;1H. The highest BCUT2D eigenvalue weighted by Crippen LogP contribution is 2.43. The van der Waals surface area contributed by atoms with Crippen molar-refractivity contribution in [3.8, 4) is 0 Å². The van der Waals surface area contributed by atoms with E-state index in [2.05, 4.69) is 97.9 Å². The van der Waals surface area contributed by atoms with Gasteiger partial charge in [0, 0.05) is 5.41 Å². The molecule has 0 heterocycles. The fraction of sp³-hybridized carbons (Fsp3) is 0.486. The molecule has 3 rings (SSSR count). The first-order valence-corrected chi connectivity index (χ1v) is 16.2. The van der Waals surface area contributed by atoms with Crippen molar-refractivity contribution in [3.05, 3.63) is 108 Å². The van der Waals surface area contributed by atoms with Crippen LogP contribution in [-0.2, 0) is 5.41 Å². The van der Waals surface area contributed by atoms with Crippen LogP contribution in [0.1, 0.15) is 107 Å². The Balaban J connectivity index is 0.00000481. The van der Waals surface area contributed by atoms with Crippen molar-refractivity contribution >= 4 is 21.0 Å². The minimum Gasteiger partial charge on any atom is -0.147 e. The normalized spacial score (nSPS) is 11.6. The zero-order valence-corrected chi connectivity index (χ0v) is 25.0. The molecule has 0 aliphatic carbocycles. The van der Waals surface area contributed by atoms with Gasteiger partial charge in [-0.05, 0) is 41.9 Å². The molecule has 0 aliphatic heterocycles. The summed E-state index contributed by atoms with van der Waals surface area (Å²) in [5.41, 5.74) is 4.17. The summed E-state index contributed by atoms with van der Waals surface area (Å²) in [5.74, 6) is 0. The summed E-state index contributed by atoms with van der Waals surface area (Å²) in [5, 5.41) is 0. The van der Waals surface area contributed by atoms with Gasteiger partial charge in [0.05, 0.1) is 0 Å². The van der Waals surface area contributed by atoms with Gasteiger partial charge in [0.15, 0.2) is 0 Å². The van der Waals surface area contributed by atoms with Gasteiger partial charge in [-0.2, -0.15) is 0 Å². The second kappa shape index (κ2) is 19.4. The Bertz CT molecular complexity index is 813. The van der Waals surface area contributed by atoms with Crippen LogP contribution in [-0.4, -0.2) is 12.3 Å². The van der Waals surface area contributed by atoms with Crippen LogP contribution in [0, 0.1) is 0 Å². The minimum absolute atomic E-state index is 0. The van der Waals surface area contributed by atoms with Crippen LogP contribution >= 0.6 is 21.0 Å². The lowest BCUT2D eigenvalue weighted by atomic mass is 9.68. The van der Waals surface area contributed by atoms with Crippen molar-refractivity contribution < 1.29 is 0 Å². The fourth-order valence-corrected chi connectivity index (χ4v) is 6.89. The molecule has 0 spiro atoms. The Hall–Kier alpha value is -1.62. The van der Waals surface area contributed by atoms with E-state index >= 15 is 0 Å². The summed E-state index contributed by atoms with van der Waals surface area (Å²) in [6, 6.07) is 33.6. The van der Waals surface area contributed by atoms with Crippen LogP contribution in [0.4, 0.5) is 0 Å². The lowest BCUT2D eigenvalue weighted by molar-refractivity contribution is 0.548. The van der Waals surface area contributed by atoms with Crippen LogP contribution in [0.2, 0.25) is 0 Å². The van der Waals surface area contributed by atoms with Gasteiger partial charge in [0.1, 0.15) is 0 Å². The molecule has 3 aromatic rings. The minimum atomic E-state index is -0.0761. The van der Waals surface area contributed by atoms with E-state index in [4.69, 9.17) is 0 Å². The predicted octanol–water partition coefficient (Wildman–Crippen LogP) is 11.2. The monoisotopic (exact) mass is 536 g/mol. The first-order chi connectivity index (χ1) is 17.9. The molecule has 0 aromatic heterocycles. The average molecular weight is 537 g/mol. The third kappa shape index (κ3) is 10.6. The van der Waals surface area contributed by atoms with Gasteiger partial charge in [0.25, 0.3) is 0 Å². The van der Waals surface area contributed by atoms with Crippen molar-refractivity contribution in [1.82, 2.24) is 0 Å². The number of rotatable bonds is 19. The second-order valence-corrected chi connectivity index (χ2v) is 11.9. The lowest BCUT2D eigenvalue weighted by Crippen LogP contribution is -2.30. The number of hydrogen-bond acceptors (Lipinski definition) is 0. The fourth-order valence-electron chi connectivity index (χ4n) is 5.59. The van der Waals surface area contributed by atoms with E-state index in [9.17, 15) is 0 Å². The maximum atomic E-state index is 2.33. The Labute approximate surface area is 236 Å². The lowest BCUT2D eigenvalue weighted by Gasteiger charge is -2.36. The van der Waals surface area contributed by atoms with Crippen molar-refractivity contribution in [3.63, 3.8) is 0 Å². The molecular formula is C35H50ClP. The SMILES string of the molecule is CCCCCCCCCCCCCCPCCC(c1ccccc1)(c1ccccc1)c1ccccc1.Cl. The van der Waals surface area contributed by atoms with E-state index in [1.54, 1.807) is 0 Å². The van der Waals surface area contributed by atoms with Crippen LogP contribution in [0.3, 0.4) is 0 Å². The molecule has 1 atom stereocenters. The molecule has 0 nitrogen and oxygen atoms in total. The maximum absolute atomic E-state index is 2.33. The largest absolute Gasteiger partial charge is 0.147 e. The highest BCUT2D eigenvalue weighted by Gasteiger charge is 2.35. The molecule has 37 heavy (non-hydrogen) atoms. The van der Waals surface area contributed by atoms with Crippen LogP contribution in [0.25, 0.3) is 0 Å². The summed E-state index contributed by atoms with van der Waals surface area (Å²) in [6.07, 6.45) is 21.0. The number of halogens is 1. The molecule has 0 amide bonds. The van der Waals surface area contributed by atoms with Crippen molar-refractivity contribution in [1.29, 1.82) is 0 Å². The van der Waals surface area contributed by atoms with E-state index in [0.29, 0.717) is 0 Å². The number of benzene rings is 3. The average Bonchev–Trinajstić information content (AvgIpc) is 2.94. The van der Waals surface area contributed by atoms with Crippen LogP contribution in [0.5, 0.6) is 0 Å². The number of hydrogen-bond donors (Lipinski definition) is 0. The molecule has 0 saturated heterocycles. The summed E-state index contributed by atoms with van der Waals surface area (Å²) in [6.45, 7) is 2.30. The molecule has 0 saturated carbocycles. The third-order valence-electron chi connectivity index (χ3n) is 7.68. The highest BCUT2D eigenvalue weighted by molar-refractivity contribution is 7.37. The van der Waals surface area contributed by atoms with Crippen LogP contribution < -0.4 is 0 Å². The molecule has 0 N–H and O–H groups in total. The van der Waals surface area contributed by atoms with E-state index in [0.717, 1.165) is 8.58 Å². The Morgan fingerprint density at radius 3 is 1.19 bits per heavy atom. The molecule has 1 unspecified atom stereocenters. The van der Waals surface area contributed by atoms with Gasteiger partial charge in [0.2, 0.25) is 0 Å². The second-order valence-electron chi connectivity index (χ2n) is 10.4. The zero-order chi connectivity index (χ0) is 25.2. The summed E-state index contributed by atoms with van der Waals surface area (Å²) in [4.78, 5) is 0. The van der Waals surface area contributed by atoms with Gasteiger partial charge >= 0.3 is 0 Å². The molecule has 0 bridgehead atoms. The third-order valence-corrected chi connectivity index (χ3v) is 8.99. The van der Waals surface area contributed by atoms with Gasteiger partial charge in [-0.15, -0.1) is 21.0 Å². The van der Waals surface area contributed by atoms with Crippen molar-refractivity contribution in [2.45, 2.75) is 95.8 Å². The predicted molar refractivity (Wildman–Crippen MR) is 170 cm³/mol.